The van der Waals surface area contributed by atoms with Crippen LogP contribution in [0.4, 0.5) is 0 Å². The van der Waals surface area contributed by atoms with Gasteiger partial charge >= 0.3 is 5.97 Å². The number of ether oxygens (including phenoxy) is 1. The van der Waals surface area contributed by atoms with Gasteiger partial charge in [0.1, 0.15) is 0 Å². The molecule has 2 unspecified atom stereocenters. The predicted molar refractivity (Wildman–Crippen MR) is 51.3 cm³/mol. The third kappa shape index (κ3) is 3.35. The van der Waals surface area contributed by atoms with E-state index in [1.807, 2.05) is 13.8 Å². The topological polar surface area (TPSA) is 46.5 Å². The van der Waals surface area contributed by atoms with Crippen LogP contribution >= 0.6 is 0 Å². The Hall–Kier alpha value is -0.570. The molecule has 2 atom stereocenters. The Morgan fingerprint density at radius 3 is 2.38 bits per heavy atom. The van der Waals surface area contributed by atoms with E-state index in [2.05, 4.69) is 4.74 Å². The molecule has 0 aliphatic carbocycles. The number of esters is 1. The lowest BCUT2D eigenvalue weighted by Gasteiger charge is -2.29. The summed E-state index contributed by atoms with van der Waals surface area (Å²) in [7, 11) is 1.35. The molecular weight excluding hydrogens is 168 g/mol. The normalized spacial score (nSPS) is 17.6. The van der Waals surface area contributed by atoms with Crippen molar-refractivity contribution in [3.8, 4) is 0 Å². The molecule has 0 aliphatic rings. The van der Waals surface area contributed by atoms with Gasteiger partial charge < -0.3 is 9.84 Å². The fourth-order valence-corrected chi connectivity index (χ4v) is 1.68. The number of carbonyl (C=O) groups excluding carboxylic acids is 1. The van der Waals surface area contributed by atoms with Gasteiger partial charge in [-0.1, -0.05) is 20.3 Å². The smallest absolute Gasteiger partial charge is 0.311 e. The number of carbonyl (C=O) groups is 1. The summed E-state index contributed by atoms with van der Waals surface area (Å²) in [5.74, 6) is -0.724. The van der Waals surface area contributed by atoms with Gasteiger partial charge in [-0.3, -0.25) is 4.79 Å². The zero-order chi connectivity index (χ0) is 10.5. The van der Waals surface area contributed by atoms with Crippen molar-refractivity contribution in [3.05, 3.63) is 0 Å². The Bertz CT molecular complexity index is 164. The lowest BCUT2D eigenvalue weighted by molar-refractivity contribution is -0.155. The van der Waals surface area contributed by atoms with Crippen LogP contribution < -0.4 is 0 Å². The van der Waals surface area contributed by atoms with Crippen molar-refractivity contribution in [2.75, 3.05) is 7.11 Å². The molecule has 0 saturated heterocycles. The van der Waals surface area contributed by atoms with Gasteiger partial charge in [0, 0.05) is 0 Å². The van der Waals surface area contributed by atoms with Crippen molar-refractivity contribution < 1.29 is 14.6 Å². The van der Waals surface area contributed by atoms with E-state index in [-0.39, 0.29) is 5.97 Å². The molecule has 0 amide bonds. The summed E-state index contributed by atoms with van der Waals surface area (Å²) in [4.78, 5) is 11.3. The summed E-state index contributed by atoms with van der Waals surface area (Å²) in [5.41, 5.74) is -0.934. The SMILES string of the molecule is CCCC(C)(O)C(CC)C(=O)OC. The third-order valence-corrected chi connectivity index (χ3v) is 2.40. The fraction of sp³-hybridized carbons (Fsp3) is 0.900. The van der Waals surface area contributed by atoms with Gasteiger partial charge in [0.2, 0.25) is 0 Å². The Labute approximate surface area is 80.1 Å². The van der Waals surface area contributed by atoms with Gasteiger partial charge in [0.05, 0.1) is 18.6 Å². The van der Waals surface area contributed by atoms with Gasteiger partial charge in [0.25, 0.3) is 0 Å². The van der Waals surface area contributed by atoms with Crippen molar-refractivity contribution in [1.29, 1.82) is 0 Å². The molecule has 0 aromatic rings. The Kier molecular flexibility index (Phi) is 4.99. The van der Waals surface area contributed by atoms with Gasteiger partial charge in [-0.15, -0.1) is 0 Å². The summed E-state index contributed by atoms with van der Waals surface area (Å²) in [6.45, 7) is 5.56. The van der Waals surface area contributed by atoms with E-state index in [4.69, 9.17) is 0 Å². The maximum Gasteiger partial charge on any atom is 0.311 e. The molecule has 0 heterocycles. The number of hydrogen-bond acceptors (Lipinski definition) is 3. The van der Waals surface area contributed by atoms with Gasteiger partial charge in [-0.05, 0) is 19.8 Å². The van der Waals surface area contributed by atoms with E-state index in [1.54, 1.807) is 6.92 Å². The third-order valence-electron chi connectivity index (χ3n) is 2.40. The van der Waals surface area contributed by atoms with E-state index >= 15 is 0 Å². The highest BCUT2D eigenvalue weighted by atomic mass is 16.5. The predicted octanol–water partition coefficient (Wildman–Crippen LogP) is 1.74. The van der Waals surface area contributed by atoms with Crippen LogP contribution in [0, 0.1) is 5.92 Å². The summed E-state index contributed by atoms with van der Waals surface area (Å²) in [6, 6.07) is 0. The van der Waals surface area contributed by atoms with Crippen LogP contribution in [0.15, 0.2) is 0 Å². The second-order valence-corrected chi connectivity index (χ2v) is 3.59. The minimum Gasteiger partial charge on any atom is -0.469 e. The number of rotatable bonds is 5. The zero-order valence-electron chi connectivity index (χ0n) is 8.96. The molecule has 0 radical (unpaired) electrons. The van der Waals surface area contributed by atoms with Crippen molar-refractivity contribution in [2.24, 2.45) is 5.92 Å². The molecule has 1 N–H and O–H groups in total. The van der Waals surface area contributed by atoms with E-state index in [0.717, 1.165) is 6.42 Å². The van der Waals surface area contributed by atoms with Crippen LogP contribution in [-0.2, 0) is 9.53 Å². The molecular formula is C10H20O3. The van der Waals surface area contributed by atoms with Crippen LogP contribution in [0.3, 0.4) is 0 Å². The molecule has 13 heavy (non-hydrogen) atoms. The highest BCUT2D eigenvalue weighted by Gasteiger charge is 2.35. The quantitative estimate of drug-likeness (QED) is 0.668. The lowest BCUT2D eigenvalue weighted by atomic mass is 9.83. The van der Waals surface area contributed by atoms with Crippen LogP contribution in [0.2, 0.25) is 0 Å². The Balaban J connectivity index is 4.45. The minimum atomic E-state index is -0.934. The van der Waals surface area contributed by atoms with E-state index in [1.165, 1.54) is 7.11 Å². The molecule has 0 spiro atoms. The maximum absolute atomic E-state index is 11.3. The maximum atomic E-state index is 11.3. The van der Waals surface area contributed by atoms with Crippen LogP contribution in [0.25, 0.3) is 0 Å². The second kappa shape index (κ2) is 5.22. The molecule has 0 rings (SSSR count). The molecule has 0 fully saturated rings. The summed E-state index contributed by atoms with van der Waals surface area (Å²) >= 11 is 0. The fourth-order valence-electron chi connectivity index (χ4n) is 1.68. The molecule has 78 valence electrons. The van der Waals surface area contributed by atoms with Crippen LogP contribution in [0.5, 0.6) is 0 Å². The van der Waals surface area contributed by atoms with Gasteiger partial charge in [-0.2, -0.15) is 0 Å². The first-order valence-electron chi connectivity index (χ1n) is 4.79. The average molecular weight is 188 g/mol. The number of aliphatic hydroxyl groups is 1. The molecule has 3 nitrogen and oxygen atoms in total. The molecule has 0 aliphatic heterocycles. The van der Waals surface area contributed by atoms with Gasteiger partial charge in [-0.25, -0.2) is 0 Å². The largest absolute Gasteiger partial charge is 0.469 e. The zero-order valence-corrected chi connectivity index (χ0v) is 8.96. The van der Waals surface area contributed by atoms with E-state index < -0.39 is 11.5 Å². The second-order valence-electron chi connectivity index (χ2n) is 3.59. The highest BCUT2D eigenvalue weighted by molar-refractivity contribution is 5.73. The van der Waals surface area contributed by atoms with E-state index in [0.29, 0.717) is 12.8 Å². The number of hydrogen-bond donors (Lipinski definition) is 1. The summed E-state index contributed by atoms with van der Waals surface area (Å²) in [6.07, 6.45) is 2.10. The van der Waals surface area contributed by atoms with Crippen molar-refractivity contribution >= 4 is 5.97 Å². The first-order valence-corrected chi connectivity index (χ1v) is 4.79. The molecule has 3 heteroatoms. The van der Waals surface area contributed by atoms with Crippen molar-refractivity contribution in [1.82, 2.24) is 0 Å². The first kappa shape index (κ1) is 12.4. The monoisotopic (exact) mass is 188 g/mol. The van der Waals surface area contributed by atoms with Crippen molar-refractivity contribution in [2.45, 2.75) is 45.6 Å². The molecule has 0 saturated carbocycles. The Morgan fingerprint density at radius 1 is 1.54 bits per heavy atom. The number of methoxy groups -OCH3 is 1. The Morgan fingerprint density at radius 2 is 2.08 bits per heavy atom. The van der Waals surface area contributed by atoms with Crippen LogP contribution in [-0.4, -0.2) is 23.8 Å². The molecule has 0 aromatic heterocycles. The highest BCUT2D eigenvalue weighted by Crippen LogP contribution is 2.26. The standard InChI is InChI=1S/C10H20O3/c1-5-7-10(3,12)8(6-2)9(11)13-4/h8,12H,5-7H2,1-4H3. The first-order chi connectivity index (χ1) is 5.99. The summed E-state index contributed by atoms with van der Waals surface area (Å²) < 4.78 is 4.64. The van der Waals surface area contributed by atoms with Gasteiger partial charge in [0.15, 0.2) is 0 Å². The van der Waals surface area contributed by atoms with Crippen LogP contribution in [0.1, 0.15) is 40.0 Å². The lowest BCUT2D eigenvalue weighted by Crippen LogP contribution is -2.39. The minimum absolute atomic E-state index is 0.319. The van der Waals surface area contributed by atoms with E-state index in [9.17, 15) is 9.90 Å². The van der Waals surface area contributed by atoms with Crippen molar-refractivity contribution in [3.63, 3.8) is 0 Å². The average Bonchev–Trinajstić information content (AvgIpc) is 2.04. The molecule has 0 bridgehead atoms. The molecule has 0 aromatic carbocycles. The summed E-state index contributed by atoms with van der Waals surface area (Å²) in [5, 5.41) is 9.97.